The number of carbonyl (C=O) groups is 2. The smallest absolute Gasteiger partial charge is 0.282 e. The molecule has 0 aliphatic carbocycles. The van der Waals surface area contributed by atoms with E-state index in [0.717, 1.165) is 28.3 Å². The fourth-order valence-electron chi connectivity index (χ4n) is 3.36. The summed E-state index contributed by atoms with van der Waals surface area (Å²) in [6, 6.07) is 14.7. The van der Waals surface area contributed by atoms with Crippen LogP contribution in [-0.2, 0) is 9.59 Å². The van der Waals surface area contributed by atoms with Crippen molar-refractivity contribution in [3.63, 3.8) is 0 Å². The van der Waals surface area contributed by atoms with Crippen LogP contribution in [0.3, 0.4) is 0 Å². The molecule has 0 aliphatic heterocycles. The lowest BCUT2D eigenvalue weighted by molar-refractivity contribution is -0.904. The summed E-state index contributed by atoms with van der Waals surface area (Å²) in [7, 11) is 1.60. The van der Waals surface area contributed by atoms with Crippen LogP contribution in [0.1, 0.15) is 45.6 Å². The molecule has 0 bridgehead atoms. The molecule has 0 saturated heterocycles. The third-order valence-electron chi connectivity index (χ3n) is 5.58. The SMILES string of the molecule is CC[C@H](C)c1ccccc1NC(=O)[C@@H](C)[NH+](CC)CC(=O)Nc1ccc(OC)cc1. The Morgan fingerprint density at radius 3 is 2.27 bits per heavy atom. The second kappa shape index (κ2) is 11.4. The lowest BCUT2D eigenvalue weighted by Crippen LogP contribution is -3.17. The molecule has 6 nitrogen and oxygen atoms in total. The van der Waals surface area contributed by atoms with Crippen molar-refractivity contribution in [2.24, 2.45) is 0 Å². The van der Waals surface area contributed by atoms with E-state index in [1.165, 1.54) is 0 Å². The van der Waals surface area contributed by atoms with Crippen LogP contribution in [-0.4, -0.2) is 38.1 Å². The van der Waals surface area contributed by atoms with Gasteiger partial charge < -0.3 is 20.3 Å². The van der Waals surface area contributed by atoms with Crippen molar-refractivity contribution in [3.8, 4) is 5.75 Å². The van der Waals surface area contributed by atoms with E-state index in [4.69, 9.17) is 4.74 Å². The van der Waals surface area contributed by atoms with E-state index in [-0.39, 0.29) is 24.4 Å². The molecule has 2 aromatic carbocycles. The van der Waals surface area contributed by atoms with Crippen molar-refractivity contribution in [3.05, 3.63) is 54.1 Å². The van der Waals surface area contributed by atoms with Gasteiger partial charge in [-0.1, -0.05) is 32.0 Å². The third kappa shape index (κ3) is 6.32. The van der Waals surface area contributed by atoms with Gasteiger partial charge in [0.25, 0.3) is 11.8 Å². The summed E-state index contributed by atoms with van der Waals surface area (Å²) in [5.41, 5.74) is 2.69. The van der Waals surface area contributed by atoms with Gasteiger partial charge in [-0.15, -0.1) is 0 Å². The fourth-order valence-corrected chi connectivity index (χ4v) is 3.36. The van der Waals surface area contributed by atoms with E-state index < -0.39 is 0 Å². The van der Waals surface area contributed by atoms with Gasteiger partial charge in [-0.25, -0.2) is 0 Å². The Labute approximate surface area is 179 Å². The third-order valence-corrected chi connectivity index (χ3v) is 5.58. The second-order valence-electron chi connectivity index (χ2n) is 7.57. The lowest BCUT2D eigenvalue weighted by Gasteiger charge is -2.24. The van der Waals surface area contributed by atoms with Gasteiger partial charge in [0, 0.05) is 11.4 Å². The zero-order chi connectivity index (χ0) is 22.1. The molecule has 1 unspecified atom stereocenters. The van der Waals surface area contributed by atoms with Crippen molar-refractivity contribution in [2.45, 2.75) is 46.1 Å². The number of para-hydroxylation sites is 1. The van der Waals surface area contributed by atoms with Gasteiger partial charge in [0.1, 0.15) is 5.75 Å². The molecular formula is C24H34N3O3+. The number of hydrogen-bond acceptors (Lipinski definition) is 3. The molecule has 2 amide bonds. The monoisotopic (exact) mass is 412 g/mol. The summed E-state index contributed by atoms with van der Waals surface area (Å²) >= 11 is 0. The number of benzene rings is 2. The maximum atomic E-state index is 12.9. The summed E-state index contributed by atoms with van der Waals surface area (Å²) in [5, 5.41) is 5.96. The number of anilines is 2. The van der Waals surface area contributed by atoms with Gasteiger partial charge in [0.2, 0.25) is 0 Å². The van der Waals surface area contributed by atoms with E-state index in [0.29, 0.717) is 18.2 Å². The predicted octanol–water partition coefficient (Wildman–Crippen LogP) is 3.08. The number of ether oxygens (including phenoxy) is 1. The van der Waals surface area contributed by atoms with Crippen LogP contribution in [0, 0.1) is 0 Å². The molecule has 0 heterocycles. The van der Waals surface area contributed by atoms with Gasteiger partial charge in [-0.05, 0) is 62.1 Å². The van der Waals surface area contributed by atoms with Crippen molar-refractivity contribution < 1.29 is 19.2 Å². The molecule has 0 aromatic heterocycles. The average Bonchev–Trinajstić information content (AvgIpc) is 2.77. The minimum absolute atomic E-state index is 0.0835. The van der Waals surface area contributed by atoms with Crippen molar-refractivity contribution in [2.75, 3.05) is 30.8 Å². The molecule has 2 aromatic rings. The zero-order valence-corrected chi connectivity index (χ0v) is 18.6. The average molecular weight is 413 g/mol. The molecule has 0 radical (unpaired) electrons. The summed E-state index contributed by atoms with van der Waals surface area (Å²) in [4.78, 5) is 26.3. The van der Waals surface area contributed by atoms with Crippen LogP contribution in [0.15, 0.2) is 48.5 Å². The Balaban J connectivity index is 2.00. The zero-order valence-electron chi connectivity index (χ0n) is 18.6. The Hall–Kier alpha value is -2.86. The van der Waals surface area contributed by atoms with Crippen LogP contribution in [0.5, 0.6) is 5.75 Å². The van der Waals surface area contributed by atoms with Gasteiger partial charge in [0.15, 0.2) is 12.6 Å². The van der Waals surface area contributed by atoms with Crippen LogP contribution in [0.4, 0.5) is 11.4 Å². The molecule has 3 atom stereocenters. The highest BCUT2D eigenvalue weighted by Gasteiger charge is 2.26. The number of carbonyl (C=O) groups excluding carboxylic acids is 2. The summed E-state index contributed by atoms with van der Waals surface area (Å²) in [6.07, 6.45) is 1.00. The van der Waals surface area contributed by atoms with E-state index in [9.17, 15) is 9.59 Å². The normalized spacial score (nSPS) is 13.8. The first-order valence-electron chi connectivity index (χ1n) is 10.6. The van der Waals surface area contributed by atoms with Crippen molar-refractivity contribution in [1.29, 1.82) is 0 Å². The molecule has 2 rings (SSSR count). The van der Waals surface area contributed by atoms with E-state index in [1.54, 1.807) is 31.4 Å². The van der Waals surface area contributed by atoms with Crippen molar-refractivity contribution >= 4 is 23.2 Å². The highest BCUT2D eigenvalue weighted by atomic mass is 16.5. The number of likely N-dealkylation sites (N-methyl/N-ethyl adjacent to an activating group) is 1. The molecule has 0 spiro atoms. The van der Waals surface area contributed by atoms with E-state index in [2.05, 4.69) is 30.5 Å². The first-order chi connectivity index (χ1) is 14.4. The van der Waals surface area contributed by atoms with Gasteiger partial charge in [0.05, 0.1) is 13.7 Å². The highest BCUT2D eigenvalue weighted by Crippen LogP contribution is 2.26. The summed E-state index contributed by atoms with van der Waals surface area (Å²) in [5.74, 6) is 0.884. The lowest BCUT2D eigenvalue weighted by atomic mass is 9.97. The Morgan fingerprint density at radius 2 is 1.67 bits per heavy atom. The minimum atomic E-state index is -0.360. The van der Waals surface area contributed by atoms with Gasteiger partial charge >= 0.3 is 0 Å². The van der Waals surface area contributed by atoms with E-state index >= 15 is 0 Å². The molecule has 0 aliphatic rings. The molecule has 0 saturated carbocycles. The number of nitrogens with one attached hydrogen (secondary N) is 3. The fraction of sp³-hybridized carbons (Fsp3) is 0.417. The molecule has 0 fully saturated rings. The van der Waals surface area contributed by atoms with Gasteiger partial charge in [-0.2, -0.15) is 0 Å². The highest BCUT2D eigenvalue weighted by molar-refractivity contribution is 5.95. The molecular weight excluding hydrogens is 378 g/mol. The van der Waals surface area contributed by atoms with Gasteiger partial charge in [-0.3, -0.25) is 9.59 Å². The quantitative estimate of drug-likeness (QED) is 0.562. The topological polar surface area (TPSA) is 71.9 Å². The number of quaternary nitrogens is 1. The minimum Gasteiger partial charge on any atom is -0.497 e. The Kier molecular flexibility index (Phi) is 8.87. The Morgan fingerprint density at radius 1 is 1.00 bits per heavy atom. The van der Waals surface area contributed by atoms with Crippen LogP contribution >= 0.6 is 0 Å². The largest absolute Gasteiger partial charge is 0.497 e. The Bertz CT molecular complexity index is 836. The van der Waals surface area contributed by atoms with Crippen LogP contribution < -0.4 is 20.3 Å². The maximum Gasteiger partial charge on any atom is 0.282 e. The standard InChI is InChI=1S/C24H33N3O3/c1-6-17(3)21-10-8-9-11-22(21)26-24(29)18(4)27(7-2)16-23(28)25-19-12-14-20(30-5)15-13-19/h8-15,17-18H,6-7,16H2,1-5H3,(H,25,28)(H,26,29)/p+1/t17-,18+/m0/s1. The first kappa shape index (κ1) is 23.4. The predicted molar refractivity (Wildman–Crippen MR) is 121 cm³/mol. The van der Waals surface area contributed by atoms with Crippen LogP contribution in [0.2, 0.25) is 0 Å². The van der Waals surface area contributed by atoms with Crippen molar-refractivity contribution in [1.82, 2.24) is 0 Å². The summed E-state index contributed by atoms with van der Waals surface area (Å²) < 4.78 is 5.13. The second-order valence-corrected chi connectivity index (χ2v) is 7.57. The maximum absolute atomic E-state index is 12.9. The number of amides is 2. The van der Waals surface area contributed by atoms with E-state index in [1.807, 2.05) is 32.0 Å². The number of hydrogen-bond donors (Lipinski definition) is 3. The summed E-state index contributed by atoms with van der Waals surface area (Å²) in [6.45, 7) is 9.01. The molecule has 30 heavy (non-hydrogen) atoms. The molecule has 3 N–H and O–H groups in total. The number of methoxy groups -OCH3 is 1. The molecule has 6 heteroatoms. The number of rotatable bonds is 10. The van der Waals surface area contributed by atoms with Crippen LogP contribution in [0.25, 0.3) is 0 Å². The first-order valence-corrected chi connectivity index (χ1v) is 10.6. The molecule has 162 valence electrons.